The lowest BCUT2D eigenvalue weighted by atomic mass is 10.1. The Morgan fingerprint density at radius 2 is 1.85 bits per heavy atom. The third-order valence-corrected chi connectivity index (χ3v) is 5.73. The van der Waals surface area contributed by atoms with Crippen molar-refractivity contribution >= 4 is 17.5 Å². The van der Waals surface area contributed by atoms with Crippen LogP contribution in [0.25, 0.3) is 0 Å². The lowest BCUT2D eigenvalue weighted by Gasteiger charge is -2.28. The molecule has 0 aliphatic carbocycles. The number of aryl methyl sites for hydroxylation is 1. The molecule has 2 amide bonds. The summed E-state index contributed by atoms with van der Waals surface area (Å²) in [5.41, 5.74) is 2.73. The van der Waals surface area contributed by atoms with E-state index in [1.54, 1.807) is 7.05 Å². The van der Waals surface area contributed by atoms with Crippen LogP contribution in [-0.2, 0) is 28.1 Å². The van der Waals surface area contributed by atoms with E-state index in [0.717, 1.165) is 49.2 Å². The van der Waals surface area contributed by atoms with Gasteiger partial charge < -0.3 is 23.9 Å². The van der Waals surface area contributed by atoms with Crippen LogP contribution in [0.4, 0.5) is 0 Å². The van der Waals surface area contributed by atoms with Gasteiger partial charge in [-0.15, -0.1) is 0 Å². The summed E-state index contributed by atoms with van der Waals surface area (Å²) < 4.78 is 7.56. The smallest absolute Gasteiger partial charge is 0.260 e. The first-order valence-electron chi connectivity index (χ1n) is 11.5. The summed E-state index contributed by atoms with van der Waals surface area (Å²) in [4.78, 5) is 33.7. The van der Waals surface area contributed by atoms with Gasteiger partial charge in [-0.2, -0.15) is 0 Å². The average molecular weight is 455 g/mol. The van der Waals surface area contributed by atoms with Gasteiger partial charge in [0.15, 0.2) is 12.5 Å². The van der Waals surface area contributed by atoms with Gasteiger partial charge >= 0.3 is 0 Å². The highest BCUT2D eigenvalue weighted by Gasteiger charge is 2.21. The van der Waals surface area contributed by atoms with Gasteiger partial charge in [0.1, 0.15) is 6.61 Å². The number of benzene rings is 1. The van der Waals surface area contributed by atoms with Crippen LogP contribution in [0.1, 0.15) is 43.7 Å². The molecule has 1 aromatic carbocycles. The van der Waals surface area contributed by atoms with Gasteiger partial charge in [0.25, 0.3) is 5.91 Å². The number of hydrogen-bond donors (Lipinski definition) is 0. The zero-order chi connectivity index (χ0) is 23.6. The maximum absolute atomic E-state index is 12.5. The van der Waals surface area contributed by atoms with Crippen molar-refractivity contribution in [2.75, 3.05) is 33.3 Å². The van der Waals surface area contributed by atoms with Crippen molar-refractivity contribution in [2.45, 2.75) is 39.2 Å². The number of likely N-dealkylation sites (N-methyl/N-ethyl adjacent to an activating group) is 1. The first-order chi connectivity index (χ1) is 16.0. The number of carbonyl (C=O) groups excluding carboxylic acids is 2. The van der Waals surface area contributed by atoms with E-state index in [9.17, 15) is 9.59 Å². The molecule has 0 unspecified atom stereocenters. The molecule has 8 nitrogen and oxygen atoms in total. The number of rotatable bonds is 10. The summed E-state index contributed by atoms with van der Waals surface area (Å²) in [6, 6.07) is 11.7. The fourth-order valence-electron chi connectivity index (χ4n) is 3.71. The number of nitrogens with zero attached hydrogens (tertiary/aromatic N) is 4. The van der Waals surface area contributed by atoms with Crippen LogP contribution < -0.4 is 4.74 Å². The summed E-state index contributed by atoms with van der Waals surface area (Å²) in [6.45, 7) is 3.91. The van der Waals surface area contributed by atoms with Gasteiger partial charge in [-0.25, -0.2) is 0 Å². The predicted molar refractivity (Wildman–Crippen MR) is 127 cm³/mol. The Kier molecular flexibility index (Phi) is 8.92. The van der Waals surface area contributed by atoms with Crippen molar-refractivity contribution < 1.29 is 19.2 Å². The van der Waals surface area contributed by atoms with Crippen molar-refractivity contribution in [3.05, 3.63) is 53.7 Å². The number of carbonyl (C=O) groups is 2. The normalized spacial score (nSPS) is 14.2. The van der Waals surface area contributed by atoms with Crippen molar-refractivity contribution in [1.29, 1.82) is 0 Å². The zero-order valence-corrected chi connectivity index (χ0v) is 19.8. The van der Waals surface area contributed by atoms with E-state index in [2.05, 4.69) is 5.16 Å². The lowest BCUT2D eigenvalue weighted by molar-refractivity contribution is -0.141. The van der Waals surface area contributed by atoms with Crippen molar-refractivity contribution in [3.8, 4) is 5.88 Å². The van der Waals surface area contributed by atoms with Gasteiger partial charge in [0.05, 0.1) is 12.3 Å². The van der Waals surface area contributed by atoms with E-state index in [4.69, 9.17) is 9.57 Å². The van der Waals surface area contributed by atoms with Crippen LogP contribution in [0.3, 0.4) is 0 Å². The summed E-state index contributed by atoms with van der Waals surface area (Å²) in [7, 11) is 3.49. The Labute approximate surface area is 195 Å². The molecule has 1 aromatic heterocycles. The van der Waals surface area contributed by atoms with Gasteiger partial charge in [0.2, 0.25) is 5.91 Å². The van der Waals surface area contributed by atoms with Crippen molar-refractivity contribution in [1.82, 2.24) is 14.4 Å². The molecule has 0 bridgehead atoms. The number of likely N-dealkylation sites (tertiary alicyclic amines) is 1. The topological polar surface area (TPSA) is 76.4 Å². The standard InChI is InChI=1S/C25H34N4O4/c1-4-22(26-33-18-20-11-7-5-8-12-20)21-15-25(28(3)16-21)32-19-24(31)27(2)17-23(30)29-13-9-6-10-14-29/h5,7-8,11-12,15-16H,4,6,9-10,13-14,17-19H2,1-3H3. The van der Waals surface area contributed by atoms with Gasteiger partial charge in [-0.3, -0.25) is 9.59 Å². The molecular weight excluding hydrogens is 420 g/mol. The number of aromatic nitrogens is 1. The molecule has 0 saturated carbocycles. The number of ether oxygens (including phenoxy) is 1. The summed E-state index contributed by atoms with van der Waals surface area (Å²) in [5, 5.41) is 4.29. The molecule has 33 heavy (non-hydrogen) atoms. The minimum absolute atomic E-state index is 0.00833. The molecule has 8 heteroatoms. The highest BCUT2D eigenvalue weighted by atomic mass is 16.6. The Hall–Kier alpha value is -3.29. The first-order valence-corrected chi connectivity index (χ1v) is 11.5. The molecular formula is C25H34N4O4. The second kappa shape index (κ2) is 12.1. The van der Waals surface area contributed by atoms with Gasteiger partial charge in [0, 0.05) is 45.0 Å². The zero-order valence-electron chi connectivity index (χ0n) is 19.8. The predicted octanol–water partition coefficient (Wildman–Crippen LogP) is 3.21. The van der Waals surface area contributed by atoms with Gasteiger partial charge in [-0.05, 0) is 31.2 Å². The molecule has 3 rings (SSSR count). The Bertz CT molecular complexity index is 949. The van der Waals surface area contributed by atoms with Crippen LogP contribution in [0.2, 0.25) is 0 Å². The molecule has 1 aliphatic rings. The SMILES string of the molecule is CCC(=NOCc1ccccc1)c1cc(OCC(=O)N(C)CC(=O)N2CCCCC2)n(C)c1. The maximum atomic E-state index is 12.5. The first kappa shape index (κ1) is 24.4. The van der Waals surface area contributed by atoms with Crippen molar-refractivity contribution in [3.63, 3.8) is 0 Å². The highest BCUT2D eigenvalue weighted by molar-refractivity contribution is 6.00. The third-order valence-electron chi connectivity index (χ3n) is 5.73. The Morgan fingerprint density at radius 1 is 1.12 bits per heavy atom. The van der Waals surface area contributed by atoms with E-state index >= 15 is 0 Å². The quantitative estimate of drug-likeness (QED) is 0.408. The van der Waals surface area contributed by atoms with E-state index in [1.807, 2.05) is 66.0 Å². The van der Waals surface area contributed by atoms with Crippen LogP contribution in [0, 0.1) is 0 Å². The molecule has 1 fully saturated rings. The second-order valence-electron chi connectivity index (χ2n) is 8.31. The molecule has 2 aromatic rings. The van der Waals surface area contributed by atoms with E-state index in [-0.39, 0.29) is 25.0 Å². The number of oxime groups is 1. The Morgan fingerprint density at radius 3 is 2.55 bits per heavy atom. The van der Waals surface area contributed by atoms with Gasteiger partial charge in [-0.1, -0.05) is 42.4 Å². The van der Waals surface area contributed by atoms with E-state index in [1.165, 1.54) is 4.90 Å². The number of hydrogen-bond acceptors (Lipinski definition) is 5. The van der Waals surface area contributed by atoms with Crippen LogP contribution in [-0.4, -0.2) is 65.2 Å². The third kappa shape index (κ3) is 7.10. The van der Waals surface area contributed by atoms with Crippen LogP contribution in [0.15, 0.2) is 47.8 Å². The molecule has 1 saturated heterocycles. The minimum Gasteiger partial charge on any atom is -0.469 e. The molecule has 0 radical (unpaired) electrons. The summed E-state index contributed by atoms with van der Waals surface area (Å²) in [5.74, 6) is 0.308. The summed E-state index contributed by atoms with van der Waals surface area (Å²) >= 11 is 0. The van der Waals surface area contributed by atoms with Crippen molar-refractivity contribution in [2.24, 2.45) is 12.2 Å². The molecule has 0 atom stereocenters. The second-order valence-corrected chi connectivity index (χ2v) is 8.31. The maximum Gasteiger partial charge on any atom is 0.260 e. The van der Waals surface area contributed by atoms with Crippen LogP contribution in [0.5, 0.6) is 5.88 Å². The molecule has 0 N–H and O–H groups in total. The highest BCUT2D eigenvalue weighted by Crippen LogP contribution is 2.18. The molecule has 1 aliphatic heterocycles. The van der Waals surface area contributed by atoms with E-state index < -0.39 is 0 Å². The lowest BCUT2D eigenvalue weighted by Crippen LogP contribution is -2.44. The van der Waals surface area contributed by atoms with Crippen LogP contribution >= 0.6 is 0 Å². The van der Waals surface area contributed by atoms with E-state index in [0.29, 0.717) is 18.9 Å². The largest absolute Gasteiger partial charge is 0.469 e. The minimum atomic E-state index is -0.237. The summed E-state index contributed by atoms with van der Waals surface area (Å²) in [6.07, 6.45) is 5.82. The number of amides is 2. The number of piperidine rings is 1. The monoisotopic (exact) mass is 454 g/mol. The fourth-order valence-corrected chi connectivity index (χ4v) is 3.71. The molecule has 0 spiro atoms. The molecule has 178 valence electrons. The average Bonchev–Trinajstić information content (AvgIpc) is 3.21. The fraction of sp³-hybridized carbons (Fsp3) is 0.480. The Balaban J connectivity index is 1.51. The molecule has 2 heterocycles.